The minimum Gasteiger partial charge on any atom is -0.459 e. The van der Waals surface area contributed by atoms with Crippen molar-refractivity contribution in [2.75, 3.05) is 39.3 Å². The maximum absolute atomic E-state index is 14.6. The van der Waals surface area contributed by atoms with Gasteiger partial charge in [-0.1, -0.05) is 58.0 Å². The van der Waals surface area contributed by atoms with Crippen molar-refractivity contribution in [1.82, 2.24) is 58.5 Å². The first kappa shape index (κ1) is 76.7. The van der Waals surface area contributed by atoms with E-state index in [1.54, 1.807) is 58.0 Å². The van der Waals surface area contributed by atoms with Crippen molar-refractivity contribution < 1.29 is 72.5 Å². The largest absolute Gasteiger partial charge is 0.459 e. The Morgan fingerprint density at radius 1 is 0.602 bits per heavy atom. The molecule has 1 heterocycles. The Hall–Kier alpha value is -7.42. The van der Waals surface area contributed by atoms with Crippen LogP contribution in [0.15, 0.2) is 30.3 Å². The smallest absolute Gasteiger partial charge is 0.309 e. The number of esters is 1. The Kier molecular flexibility index (Phi) is 33.8. The van der Waals surface area contributed by atoms with Crippen molar-refractivity contribution in [3.05, 3.63) is 35.9 Å². The van der Waals surface area contributed by atoms with Gasteiger partial charge >= 0.3 is 5.97 Å². The molecule has 1 saturated heterocycles. The van der Waals surface area contributed by atoms with Gasteiger partial charge in [0, 0.05) is 13.0 Å². The predicted octanol–water partition coefficient (Wildman–Crippen LogP) is -6.09. The molecule has 11 amide bonds. The number of aliphatic hydroxyl groups is 2. The van der Waals surface area contributed by atoms with E-state index in [9.17, 15) is 67.7 Å². The molecule has 1 fully saturated rings. The number of benzene rings is 1. The molecule has 1 aliphatic rings. The summed E-state index contributed by atoms with van der Waals surface area (Å²) in [6.45, 7) is 11.0. The van der Waals surface area contributed by atoms with E-state index in [-0.39, 0.29) is 90.0 Å². The number of hydrogen-bond donors (Lipinski definition) is 18. The van der Waals surface area contributed by atoms with Gasteiger partial charge in [0.25, 0.3) is 0 Å². The number of rotatable bonds is 28. The zero-order chi connectivity index (χ0) is 66.4. The summed E-state index contributed by atoms with van der Waals surface area (Å²) in [7, 11) is 0. The van der Waals surface area contributed by atoms with E-state index in [1.165, 1.54) is 20.8 Å². The molecular weight excluding hydrogens is 1150 g/mol. The molecule has 23 N–H and O–H groups in total. The topological polar surface area (TPSA) is 517 Å². The first-order chi connectivity index (χ1) is 41.4. The lowest BCUT2D eigenvalue weighted by atomic mass is 10.00. The van der Waals surface area contributed by atoms with Crippen LogP contribution in [0.2, 0.25) is 0 Å². The van der Waals surface area contributed by atoms with Crippen LogP contribution in [-0.2, 0) is 68.7 Å². The fourth-order valence-corrected chi connectivity index (χ4v) is 9.08. The van der Waals surface area contributed by atoms with Crippen LogP contribution in [0.3, 0.4) is 0 Å². The van der Waals surface area contributed by atoms with Gasteiger partial charge in [0.2, 0.25) is 65.0 Å². The summed E-state index contributed by atoms with van der Waals surface area (Å²) in [5, 5.41) is 49.4. The minimum atomic E-state index is -1.79. The highest BCUT2D eigenvalue weighted by molar-refractivity contribution is 5.99. The second-order valence-corrected chi connectivity index (χ2v) is 23.0. The number of ether oxygens (including phenoxy) is 1. The van der Waals surface area contributed by atoms with E-state index < -0.39 is 168 Å². The van der Waals surface area contributed by atoms with Crippen molar-refractivity contribution >= 4 is 70.9 Å². The number of carbonyl (C=O) groups is 12. The van der Waals surface area contributed by atoms with Gasteiger partial charge in [-0.3, -0.25) is 57.5 Å². The summed E-state index contributed by atoms with van der Waals surface area (Å²) in [5.41, 5.74) is 28.6. The molecule has 0 spiro atoms. The minimum absolute atomic E-state index is 0.0330. The molecule has 1 aromatic rings. The summed E-state index contributed by atoms with van der Waals surface area (Å²) >= 11 is 0. The van der Waals surface area contributed by atoms with E-state index in [0.29, 0.717) is 12.0 Å². The molecule has 0 saturated carbocycles. The molecule has 88 heavy (non-hydrogen) atoms. The molecule has 31 heteroatoms. The SMILES string of the molecule is CCC(C)C(=O)OC(C)(C)CC(=O)N[C@@H](CCN)C(=O)N[C@H](C(=O)N[C@@H](CCN)C(=O)N[C@H]1CCNC(=O)[C@H](C(C)O)NC(=O)[C@H](CCN)NC(=O)[C@H](CCN)NC(=O)[C@H](CC(C)C)NC(=O)[C@@H](Cc2ccccc2)NC(=O)[C@H](CCN)NC1=O)C(C)O. The third-order valence-corrected chi connectivity index (χ3v) is 14.2. The fraction of sp³-hybridized carbons (Fsp3) is 0.684. The van der Waals surface area contributed by atoms with E-state index in [1.807, 2.05) is 0 Å². The molecule has 0 bridgehead atoms. The van der Waals surface area contributed by atoms with Crippen molar-refractivity contribution in [3.8, 4) is 0 Å². The zero-order valence-corrected chi connectivity index (χ0v) is 51.9. The van der Waals surface area contributed by atoms with Crippen molar-refractivity contribution in [2.24, 2.45) is 40.5 Å². The summed E-state index contributed by atoms with van der Waals surface area (Å²) in [4.78, 5) is 167. The van der Waals surface area contributed by atoms with Crippen molar-refractivity contribution in [2.45, 2.75) is 198 Å². The second-order valence-electron chi connectivity index (χ2n) is 23.0. The molecule has 0 radical (unpaired) electrons. The van der Waals surface area contributed by atoms with Gasteiger partial charge in [-0.2, -0.15) is 0 Å². The molecule has 496 valence electrons. The Bertz CT molecular complexity index is 2490. The van der Waals surface area contributed by atoms with E-state index in [0.717, 1.165) is 6.92 Å². The number of nitrogens with one attached hydrogen (secondary N) is 11. The van der Waals surface area contributed by atoms with E-state index >= 15 is 0 Å². The standard InChI is InChI=1S/C57H98N16O15/c1-9-31(4)56(87)88-57(7,8)29-43(76)64-35(15-21-58)50(81)73-45(33(6)75)55(86)69-38(18-24-61)47(78)68-40-20-26-63-54(85)44(32(5)74)72-51(82)39(19-25-62)66-46(77)36(16-22-59)67-52(83)41(27-30(2)3)70-53(84)42(28-34-13-11-10-12-14-34)71-48(79)37(17-23-60)65-49(40)80/h10-14,30-33,35-42,44-45,74-75H,9,15-29,58-62H2,1-8H3,(H,63,85)(H,64,76)(H,65,80)(H,66,77)(H,67,83)(H,68,78)(H,69,86)(H,70,84)(H,71,79)(H,72,82)(H,73,81)/t31?,32?,33?,35-,36-,37-,38-,39-,40-,41-,42+,44-,45-/m0/s1. The number of amides is 11. The van der Waals surface area contributed by atoms with Gasteiger partial charge in [0.05, 0.1) is 24.5 Å². The summed E-state index contributed by atoms with van der Waals surface area (Å²) < 4.78 is 5.52. The van der Waals surface area contributed by atoms with Gasteiger partial charge in [-0.15, -0.1) is 0 Å². The third kappa shape index (κ3) is 26.5. The van der Waals surface area contributed by atoms with Crippen LogP contribution in [-0.4, -0.2) is 199 Å². The molecule has 3 unspecified atom stereocenters. The summed E-state index contributed by atoms with van der Waals surface area (Å²) in [6.07, 6.45) is -4.72. The zero-order valence-electron chi connectivity index (χ0n) is 51.9. The highest BCUT2D eigenvalue weighted by atomic mass is 16.6. The van der Waals surface area contributed by atoms with Crippen molar-refractivity contribution in [1.29, 1.82) is 0 Å². The van der Waals surface area contributed by atoms with Crippen LogP contribution in [0, 0.1) is 11.8 Å². The second kappa shape index (κ2) is 38.8. The Morgan fingerprint density at radius 3 is 1.57 bits per heavy atom. The Balaban J connectivity index is 2.68. The molecule has 1 aliphatic heterocycles. The first-order valence-corrected chi connectivity index (χ1v) is 29.9. The van der Waals surface area contributed by atoms with Crippen LogP contribution >= 0.6 is 0 Å². The predicted molar refractivity (Wildman–Crippen MR) is 322 cm³/mol. The molecule has 0 aromatic heterocycles. The van der Waals surface area contributed by atoms with Crippen LogP contribution in [0.4, 0.5) is 0 Å². The van der Waals surface area contributed by atoms with Crippen LogP contribution < -0.4 is 87.2 Å². The van der Waals surface area contributed by atoms with Gasteiger partial charge in [0.1, 0.15) is 66.0 Å². The van der Waals surface area contributed by atoms with Gasteiger partial charge < -0.3 is 102 Å². The quantitative estimate of drug-likeness (QED) is 0.0347. The number of hydrogen-bond acceptors (Lipinski definition) is 20. The van der Waals surface area contributed by atoms with Crippen LogP contribution in [0.5, 0.6) is 0 Å². The van der Waals surface area contributed by atoms with Gasteiger partial charge in [-0.25, -0.2) is 0 Å². The molecule has 1 aromatic carbocycles. The summed E-state index contributed by atoms with van der Waals surface area (Å²) in [6, 6.07) is -6.73. The molecule has 2 rings (SSSR count). The van der Waals surface area contributed by atoms with E-state index in [2.05, 4.69) is 58.5 Å². The lowest BCUT2D eigenvalue weighted by Gasteiger charge is -2.29. The fourth-order valence-electron chi connectivity index (χ4n) is 9.08. The third-order valence-electron chi connectivity index (χ3n) is 14.2. The van der Waals surface area contributed by atoms with Crippen LogP contribution in [0.25, 0.3) is 0 Å². The average molecular weight is 1250 g/mol. The first-order valence-electron chi connectivity index (χ1n) is 29.9. The number of nitrogens with two attached hydrogens (primary N) is 5. The number of carbonyl (C=O) groups excluding carboxylic acids is 12. The van der Waals surface area contributed by atoms with Gasteiger partial charge in [-0.05, 0) is 123 Å². The highest BCUT2D eigenvalue weighted by Crippen LogP contribution is 2.19. The molecule has 31 nitrogen and oxygen atoms in total. The normalized spacial score (nSPS) is 22.6. The molecule has 0 aliphatic carbocycles. The maximum Gasteiger partial charge on any atom is 0.309 e. The monoisotopic (exact) mass is 1250 g/mol. The van der Waals surface area contributed by atoms with E-state index in [4.69, 9.17) is 33.4 Å². The van der Waals surface area contributed by atoms with Crippen molar-refractivity contribution in [3.63, 3.8) is 0 Å². The maximum atomic E-state index is 14.6. The highest BCUT2D eigenvalue weighted by Gasteiger charge is 2.38. The molecule has 13 atom stereocenters. The van der Waals surface area contributed by atoms with Crippen LogP contribution in [0.1, 0.15) is 119 Å². The lowest BCUT2D eigenvalue weighted by molar-refractivity contribution is -0.163. The Labute approximate surface area is 513 Å². The summed E-state index contributed by atoms with van der Waals surface area (Å²) in [5.74, 6) is -11.5. The lowest BCUT2D eigenvalue weighted by Crippen LogP contribution is -2.62. The van der Waals surface area contributed by atoms with Gasteiger partial charge in [0.15, 0.2) is 0 Å². The molecular formula is C57H98N16O15. The number of aliphatic hydroxyl groups excluding tert-OH is 2. The average Bonchev–Trinajstić information content (AvgIpc) is 2.07. The Morgan fingerprint density at radius 2 is 1.08 bits per heavy atom.